The van der Waals surface area contributed by atoms with E-state index in [4.69, 9.17) is 25.9 Å². The summed E-state index contributed by atoms with van der Waals surface area (Å²) in [6.07, 6.45) is -1.29. The van der Waals surface area contributed by atoms with Crippen LogP contribution in [0, 0.1) is 11.2 Å². The lowest BCUT2D eigenvalue weighted by molar-refractivity contribution is -0.107. The van der Waals surface area contributed by atoms with E-state index in [2.05, 4.69) is 15.4 Å². The molecule has 0 bridgehead atoms. The van der Waals surface area contributed by atoms with Crippen LogP contribution in [0.1, 0.15) is 43.8 Å². The maximum atomic E-state index is 14.3. The van der Waals surface area contributed by atoms with Crippen LogP contribution in [-0.4, -0.2) is 63.9 Å². The van der Waals surface area contributed by atoms with Gasteiger partial charge in [-0.1, -0.05) is 29.8 Å². The molecular weight excluding hydrogens is 577 g/mol. The Labute approximate surface area is 227 Å². The molecule has 0 amide bonds. The van der Waals surface area contributed by atoms with Gasteiger partial charge in [0.05, 0.1) is 41.6 Å². The zero-order chi connectivity index (χ0) is 28.3. The Kier molecular flexibility index (Phi) is 7.46. The number of anilines is 1. The average Bonchev–Trinajstić information content (AvgIpc) is 3.31. The summed E-state index contributed by atoms with van der Waals surface area (Å²) in [6, 6.07) is 6.84. The van der Waals surface area contributed by atoms with E-state index >= 15 is 0 Å². The fourth-order valence-electron chi connectivity index (χ4n) is 5.78. The lowest BCUT2D eigenvalue weighted by atomic mass is 9.64. The van der Waals surface area contributed by atoms with Crippen LogP contribution < -0.4 is 5.32 Å². The van der Waals surface area contributed by atoms with Crippen LogP contribution in [0.5, 0.6) is 0 Å². The van der Waals surface area contributed by atoms with Crippen molar-refractivity contribution in [3.8, 4) is 0 Å². The number of hydrogen-bond acceptors (Lipinski definition) is 8. The number of nitrogens with zero attached hydrogens (tertiary/aromatic N) is 3. The van der Waals surface area contributed by atoms with Gasteiger partial charge >= 0.3 is 15.2 Å². The van der Waals surface area contributed by atoms with Crippen molar-refractivity contribution in [2.24, 2.45) is 5.41 Å². The maximum Gasteiger partial charge on any atom is 0.340 e. The summed E-state index contributed by atoms with van der Waals surface area (Å²) in [5, 5.41) is 30.2. The van der Waals surface area contributed by atoms with Crippen molar-refractivity contribution >= 4 is 43.5 Å². The van der Waals surface area contributed by atoms with Gasteiger partial charge in [0.2, 0.25) is 0 Å². The molecule has 3 aromatic rings. The van der Waals surface area contributed by atoms with Crippen LogP contribution in [0.3, 0.4) is 0 Å². The van der Waals surface area contributed by atoms with E-state index in [1.54, 1.807) is 31.2 Å². The van der Waals surface area contributed by atoms with Crippen LogP contribution in [-0.2, 0) is 13.7 Å². The molecule has 0 saturated heterocycles. The SMILES string of the molecule is C[C@H](Nc1cc(Cl)nc2c1cnn2[C@@H]1CC2(CC(OP(=O)(O)CP(=O)(O)O)C2)[C@@H](O)[C@H]1O)c1ccccc1F. The van der Waals surface area contributed by atoms with Gasteiger partial charge in [0.15, 0.2) is 11.6 Å². The molecule has 5 atom stereocenters. The summed E-state index contributed by atoms with van der Waals surface area (Å²) in [4.78, 5) is 32.2. The zero-order valence-corrected chi connectivity index (χ0v) is 23.2. The van der Waals surface area contributed by atoms with Crippen LogP contribution in [0.4, 0.5) is 10.1 Å². The van der Waals surface area contributed by atoms with Crippen molar-refractivity contribution in [3.05, 3.63) is 53.1 Å². The largest absolute Gasteiger partial charge is 0.390 e. The fourth-order valence-corrected chi connectivity index (χ4v) is 8.71. The number of rotatable bonds is 8. The second kappa shape index (κ2) is 10.2. The molecular formula is C23H28ClFN4O8P2. The number of halogens is 2. The number of aromatic nitrogens is 3. The third-order valence-corrected chi connectivity index (χ3v) is 11.2. The Morgan fingerprint density at radius 1 is 1.23 bits per heavy atom. The molecule has 212 valence electrons. The first-order valence-electron chi connectivity index (χ1n) is 12.1. The number of nitrogens with one attached hydrogen (secondary N) is 1. The maximum absolute atomic E-state index is 14.3. The number of hydrogen-bond donors (Lipinski definition) is 6. The summed E-state index contributed by atoms with van der Waals surface area (Å²) >= 11 is 6.31. The molecule has 39 heavy (non-hydrogen) atoms. The summed E-state index contributed by atoms with van der Waals surface area (Å²) in [5.41, 5.74) is 0.495. The Morgan fingerprint density at radius 3 is 2.59 bits per heavy atom. The van der Waals surface area contributed by atoms with Gasteiger partial charge in [0.25, 0.3) is 0 Å². The lowest BCUT2D eigenvalue weighted by Gasteiger charge is -2.47. The monoisotopic (exact) mass is 604 g/mol. The highest BCUT2D eigenvalue weighted by Gasteiger charge is 2.61. The summed E-state index contributed by atoms with van der Waals surface area (Å²) in [6.45, 7) is 1.80. The highest BCUT2D eigenvalue weighted by molar-refractivity contribution is 7.70. The number of pyridine rings is 1. The molecule has 16 heteroatoms. The van der Waals surface area contributed by atoms with E-state index in [9.17, 15) is 28.6 Å². The standard InChI is InChI=1S/C23H28ClFN4O8P2/c1-12(14-4-2-3-5-16(14)25)27-17-6-19(24)28-22-15(17)10-26-29(22)18-9-23(21(31)20(18)30)7-13(8-23)37-39(35,36)11-38(32,33)34/h2-6,10,12-13,18,20-21,30-31H,7-9,11H2,1H3,(H,27,28)(H,35,36)(H2,32,33,34)/t12-,13?,18+,20-,21-,23?/m0/s1. The molecule has 2 aliphatic rings. The first-order chi connectivity index (χ1) is 18.2. The molecule has 2 fully saturated rings. The number of aliphatic hydroxyl groups excluding tert-OH is 2. The average molecular weight is 605 g/mol. The fraction of sp³-hybridized carbons (Fsp3) is 0.478. The highest BCUT2D eigenvalue weighted by atomic mass is 35.5. The van der Waals surface area contributed by atoms with E-state index in [0.717, 1.165) is 0 Å². The van der Waals surface area contributed by atoms with Gasteiger partial charge in [-0.2, -0.15) is 5.10 Å². The van der Waals surface area contributed by atoms with Crippen molar-refractivity contribution in [1.82, 2.24) is 14.8 Å². The number of aliphatic hydroxyl groups is 2. The molecule has 2 aliphatic carbocycles. The van der Waals surface area contributed by atoms with Crippen molar-refractivity contribution in [2.45, 2.75) is 56.6 Å². The van der Waals surface area contributed by atoms with Gasteiger partial charge in [0, 0.05) is 11.0 Å². The molecule has 1 aromatic carbocycles. The minimum atomic E-state index is -4.77. The quantitative estimate of drug-likeness (QED) is 0.163. The van der Waals surface area contributed by atoms with Crippen molar-refractivity contribution < 1.29 is 42.9 Å². The molecule has 2 heterocycles. The van der Waals surface area contributed by atoms with E-state index < -0.39 is 56.9 Å². The van der Waals surface area contributed by atoms with Gasteiger partial charge in [0.1, 0.15) is 17.1 Å². The van der Waals surface area contributed by atoms with Crippen LogP contribution in [0.2, 0.25) is 5.15 Å². The summed E-state index contributed by atoms with van der Waals surface area (Å²) < 4.78 is 44.1. The second-order valence-electron chi connectivity index (χ2n) is 10.4. The highest BCUT2D eigenvalue weighted by Crippen LogP contribution is 2.63. The van der Waals surface area contributed by atoms with Gasteiger partial charge in [-0.05, 0) is 38.3 Å². The third kappa shape index (κ3) is 5.66. The first-order valence-corrected chi connectivity index (χ1v) is 16.1. The van der Waals surface area contributed by atoms with Crippen molar-refractivity contribution in [1.29, 1.82) is 0 Å². The topological polar surface area (TPSA) is 187 Å². The van der Waals surface area contributed by atoms with E-state index in [0.29, 0.717) is 22.3 Å². The van der Waals surface area contributed by atoms with Gasteiger partial charge in [-0.15, -0.1) is 0 Å². The molecule has 2 saturated carbocycles. The zero-order valence-electron chi connectivity index (χ0n) is 20.6. The van der Waals surface area contributed by atoms with E-state index in [1.165, 1.54) is 16.9 Å². The van der Waals surface area contributed by atoms with Crippen molar-refractivity contribution in [2.75, 3.05) is 11.2 Å². The van der Waals surface area contributed by atoms with Crippen LogP contribution >= 0.6 is 26.8 Å². The van der Waals surface area contributed by atoms with Crippen LogP contribution in [0.25, 0.3) is 11.0 Å². The van der Waals surface area contributed by atoms with Gasteiger partial charge in [-0.3, -0.25) is 9.13 Å². The molecule has 0 aliphatic heterocycles. The molecule has 0 radical (unpaired) electrons. The minimum absolute atomic E-state index is 0.105. The Morgan fingerprint density at radius 2 is 1.92 bits per heavy atom. The predicted octanol–water partition coefficient (Wildman–Crippen LogP) is 3.55. The molecule has 6 N–H and O–H groups in total. The van der Waals surface area contributed by atoms with Crippen LogP contribution in [0.15, 0.2) is 36.5 Å². The molecule has 5 rings (SSSR count). The molecule has 12 nitrogen and oxygen atoms in total. The smallest absolute Gasteiger partial charge is 0.340 e. The predicted molar refractivity (Wildman–Crippen MR) is 140 cm³/mol. The molecule has 2 aromatic heterocycles. The second-order valence-corrected chi connectivity index (χ2v) is 14.7. The number of fused-ring (bicyclic) bond motifs is 1. The van der Waals surface area contributed by atoms with E-state index in [1.807, 2.05) is 0 Å². The minimum Gasteiger partial charge on any atom is -0.390 e. The number of benzene rings is 1. The Balaban J connectivity index is 1.36. The third-order valence-electron chi connectivity index (χ3n) is 7.50. The summed E-state index contributed by atoms with van der Waals surface area (Å²) in [5.74, 6) is -1.66. The molecule has 1 unspecified atom stereocenters. The Bertz CT molecular complexity index is 1500. The summed E-state index contributed by atoms with van der Waals surface area (Å²) in [7, 11) is -9.32. The first kappa shape index (κ1) is 28.6. The lowest BCUT2D eigenvalue weighted by Crippen LogP contribution is -2.49. The molecule has 1 spiro atoms. The normalized spacial score (nSPS) is 29.3. The van der Waals surface area contributed by atoms with Crippen molar-refractivity contribution in [3.63, 3.8) is 0 Å². The van der Waals surface area contributed by atoms with Gasteiger partial charge < -0.3 is 34.7 Å². The van der Waals surface area contributed by atoms with E-state index in [-0.39, 0.29) is 30.2 Å². The van der Waals surface area contributed by atoms with Gasteiger partial charge in [-0.25, -0.2) is 14.1 Å². The Hall–Kier alpha value is -1.92.